The van der Waals surface area contributed by atoms with Crippen LogP contribution in [-0.2, 0) is 13.9 Å². The number of hydrogen-bond acceptors (Lipinski definition) is 3. The van der Waals surface area contributed by atoms with E-state index in [1.165, 1.54) is 0 Å². The first-order chi connectivity index (χ1) is 4.63. The Morgan fingerprint density at radius 2 is 1.75 bits per heavy atom. The third-order valence-corrected chi connectivity index (χ3v) is 1.30. The summed E-state index contributed by atoms with van der Waals surface area (Å²) in [6.07, 6.45) is 0. The van der Waals surface area contributed by atoms with Crippen LogP contribution in [-0.4, -0.2) is 19.5 Å². The van der Waals surface area contributed by atoms with E-state index in [2.05, 4.69) is 4.52 Å². The number of phosphoric ester groups is 1. The molecule has 0 aliphatic rings. The van der Waals surface area contributed by atoms with Gasteiger partial charge in [-0.25, -0.2) is 9.36 Å². The monoisotopic (exact) mass is 266 g/mol. The Kier molecular flexibility index (Phi) is 7.16. The summed E-state index contributed by atoms with van der Waals surface area (Å²) in [5.74, 6) is -1.61. The van der Waals surface area contributed by atoms with E-state index in [1.807, 2.05) is 0 Å². The molecule has 0 unspecified atom stereocenters. The van der Waals surface area contributed by atoms with E-state index in [0.29, 0.717) is 0 Å². The van der Waals surface area contributed by atoms with Gasteiger partial charge in [0, 0.05) is 0 Å². The summed E-state index contributed by atoms with van der Waals surface area (Å²) >= 11 is 14.7. The molecule has 0 fully saturated rings. The average molecular weight is 267 g/mol. The van der Waals surface area contributed by atoms with Crippen molar-refractivity contribution in [3.05, 3.63) is 0 Å². The molecular formula is C2H3Cl3NaO5P. The molecule has 5 nitrogen and oxygen atoms in total. The Morgan fingerprint density at radius 3 is 1.83 bits per heavy atom. The van der Waals surface area contributed by atoms with Gasteiger partial charge in [-0.05, 0) is 0 Å². The molecule has 0 amide bonds. The minimum Gasteiger partial charge on any atom is -1.00 e. The van der Waals surface area contributed by atoms with Crippen molar-refractivity contribution in [1.82, 2.24) is 0 Å². The molecule has 0 atom stereocenters. The number of carbonyl (C=O) groups excluding carboxylic acids is 1. The molecule has 0 aliphatic carbocycles. The smallest absolute Gasteiger partial charge is 1.00 e. The van der Waals surface area contributed by atoms with Crippen molar-refractivity contribution >= 4 is 48.6 Å². The predicted molar refractivity (Wildman–Crippen MR) is 39.5 cm³/mol. The van der Waals surface area contributed by atoms with Gasteiger partial charge in [-0.2, -0.15) is 0 Å². The zero-order valence-electron chi connectivity index (χ0n) is 6.70. The zero-order valence-corrected chi connectivity index (χ0v) is 10.9. The van der Waals surface area contributed by atoms with Crippen LogP contribution in [0.5, 0.6) is 0 Å². The van der Waals surface area contributed by atoms with Crippen molar-refractivity contribution in [2.75, 3.05) is 0 Å². The first-order valence-corrected chi connectivity index (χ1v) is 4.65. The minimum atomic E-state index is -4.92. The van der Waals surface area contributed by atoms with E-state index in [9.17, 15) is 9.36 Å². The molecule has 0 aliphatic heterocycles. The van der Waals surface area contributed by atoms with Gasteiger partial charge in [0.2, 0.25) is 0 Å². The summed E-state index contributed by atoms with van der Waals surface area (Å²) < 4.78 is 10.9. The third-order valence-electron chi connectivity index (χ3n) is 0.433. The number of phosphoric acid groups is 1. The zero-order chi connectivity index (χ0) is 9.28. The topological polar surface area (TPSA) is 83.8 Å². The first kappa shape index (κ1) is 15.9. The average Bonchev–Trinajstić information content (AvgIpc) is 1.56. The molecule has 0 aromatic rings. The Balaban J connectivity index is -0.000000500. The number of alkyl halides is 3. The second-order valence-corrected chi connectivity index (χ2v) is 4.81. The van der Waals surface area contributed by atoms with Crippen LogP contribution in [0.25, 0.3) is 0 Å². The summed E-state index contributed by atoms with van der Waals surface area (Å²) in [4.78, 5) is 26.5. The number of carbonyl (C=O) groups is 1. The van der Waals surface area contributed by atoms with Crippen LogP contribution in [0.1, 0.15) is 1.43 Å². The molecule has 0 spiro atoms. The summed E-state index contributed by atoms with van der Waals surface area (Å²) in [6, 6.07) is 0. The van der Waals surface area contributed by atoms with Crippen molar-refractivity contribution in [2.45, 2.75) is 3.79 Å². The fourth-order valence-electron chi connectivity index (χ4n) is 0.160. The van der Waals surface area contributed by atoms with Crippen molar-refractivity contribution in [3.63, 3.8) is 0 Å². The largest absolute Gasteiger partial charge is 1.00 e. The molecule has 68 valence electrons. The molecule has 0 heterocycles. The normalized spacial score (nSPS) is 11.8. The van der Waals surface area contributed by atoms with E-state index in [4.69, 9.17) is 44.6 Å². The second-order valence-electron chi connectivity index (χ2n) is 1.37. The van der Waals surface area contributed by atoms with E-state index >= 15 is 0 Å². The third kappa shape index (κ3) is 8.10. The van der Waals surface area contributed by atoms with Crippen LogP contribution in [0, 0.1) is 0 Å². The van der Waals surface area contributed by atoms with E-state index in [-0.39, 0.29) is 31.0 Å². The second kappa shape index (κ2) is 5.39. The summed E-state index contributed by atoms with van der Waals surface area (Å²) in [5.41, 5.74) is 0. The fourth-order valence-corrected chi connectivity index (χ4v) is 0.790. The van der Waals surface area contributed by atoms with Crippen LogP contribution in [0.15, 0.2) is 0 Å². The fraction of sp³-hybridized carbons (Fsp3) is 0.500. The van der Waals surface area contributed by atoms with Crippen LogP contribution >= 0.6 is 42.6 Å². The van der Waals surface area contributed by atoms with Crippen molar-refractivity contribution in [2.24, 2.45) is 0 Å². The van der Waals surface area contributed by atoms with Crippen molar-refractivity contribution in [1.29, 1.82) is 0 Å². The number of halogens is 3. The van der Waals surface area contributed by atoms with E-state index in [0.717, 1.165) is 0 Å². The van der Waals surface area contributed by atoms with Crippen molar-refractivity contribution < 1.29 is 54.7 Å². The molecule has 0 bridgehead atoms. The number of hydrogen-bond donors (Lipinski definition) is 2. The Labute approximate surface area is 106 Å². The van der Waals surface area contributed by atoms with Gasteiger partial charge in [0.05, 0.1) is 0 Å². The van der Waals surface area contributed by atoms with Gasteiger partial charge in [0.1, 0.15) is 0 Å². The van der Waals surface area contributed by atoms with Crippen LogP contribution in [0.2, 0.25) is 0 Å². The van der Waals surface area contributed by atoms with Gasteiger partial charge in [-0.15, -0.1) is 0 Å². The quantitative estimate of drug-likeness (QED) is 0.330. The van der Waals surface area contributed by atoms with Gasteiger partial charge in [-0.1, -0.05) is 34.8 Å². The minimum absolute atomic E-state index is 0. The molecule has 0 saturated carbocycles. The molecule has 2 N–H and O–H groups in total. The maximum atomic E-state index is 10.4. The molecule has 0 rings (SSSR count). The Hall–Kier alpha value is 1.49. The maximum Gasteiger partial charge on any atom is 1.00 e. The van der Waals surface area contributed by atoms with Gasteiger partial charge < -0.3 is 5.95 Å². The van der Waals surface area contributed by atoms with Gasteiger partial charge in [0.15, 0.2) is 0 Å². The van der Waals surface area contributed by atoms with Crippen LogP contribution < -0.4 is 29.6 Å². The molecule has 0 aromatic carbocycles. The molecule has 0 aromatic heterocycles. The molecule has 12 heavy (non-hydrogen) atoms. The summed E-state index contributed by atoms with van der Waals surface area (Å²) in [6.45, 7) is 0. The van der Waals surface area contributed by atoms with Gasteiger partial charge in [0.25, 0.3) is 3.79 Å². The molecule has 10 heteroatoms. The number of rotatable bonds is 1. The Bertz CT molecular complexity index is 212. The Morgan fingerprint density at radius 1 is 1.42 bits per heavy atom. The predicted octanol–water partition coefficient (Wildman–Crippen LogP) is -1.89. The SMILES string of the molecule is O=C(OP(=O)(O)O)C(Cl)(Cl)Cl.[H-].[Na+]. The van der Waals surface area contributed by atoms with Crippen molar-refractivity contribution in [3.8, 4) is 0 Å². The van der Waals surface area contributed by atoms with Crippen LogP contribution in [0.3, 0.4) is 0 Å². The van der Waals surface area contributed by atoms with E-state index < -0.39 is 17.6 Å². The van der Waals surface area contributed by atoms with E-state index in [1.54, 1.807) is 0 Å². The van der Waals surface area contributed by atoms with Gasteiger partial charge in [-0.3, -0.25) is 9.79 Å². The maximum absolute atomic E-state index is 10.4. The van der Waals surface area contributed by atoms with Gasteiger partial charge >= 0.3 is 43.3 Å². The molecular weight excluding hydrogens is 264 g/mol. The standard InChI is InChI=1S/C2H2Cl3O5P.Na.H/c3-2(4,5)1(6)10-11(7,8)9;;/h(H2,7,8,9);;/q;+1;-1. The summed E-state index contributed by atoms with van der Waals surface area (Å²) in [7, 11) is -4.92. The first-order valence-electron chi connectivity index (χ1n) is 1.99. The molecule has 0 radical (unpaired) electrons. The molecule has 0 saturated heterocycles. The summed E-state index contributed by atoms with van der Waals surface area (Å²) in [5, 5.41) is 0. The van der Waals surface area contributed by atoms with Crippen LogP contribution in [0.4, 0.5) is 0 Å².